The largest absolute Gasteiger partial charge is 0.467 e. The molecule has 4 aromatic rings. The third-order valence-corrected chi connectivity index (χ3v) is 6.04. The van der Waals surface area contributed by atoms with Gasteiger partial charge in [0.15, 0.2) is 0 Å². The lowest BCUT2D eigenvalue weighted by molar-refractivity contribution is -0.122. The first kappa shape index (κ1) is 20.1. The third-order valence-electron chi connectivity index (χ3n) is 5.07. The number of carbonyl (C=O) groups is 2. The Balaban J connectivity index is 1.38. The molecule has 1 aliphatic rings. The van der Waals surface area contributed by atoms with Gasteiger partial charge in [-0.25, -0.2) is 9.48 Å². The summed E-state index contributed by atoms with van der Waals surface area (Å²) in [5.41, 5.74) is 1.24. The van der Waals surface area contributed by atoms with Gasteiger partial charge in [0.25, 0.3) is 5.91 Å². The average Bonchev–Trinajstić information content (AvgIpc) is 3.52. The summed E-state index contributed by atoms with van der Waals surface area (Å²) < 4.78 is 11.9. The van der Waals surface area contributed by atoms with E-state index >= 15 is 0 Å². The maximum absolute atomic E-state index is 13.0. The fourth-order valence-corrected chi connectivity index (χ4v) is 4.54. The minimum absolute atomic E-state index is 0.0830. The van der Waals surface area contributed by atoms with Gasteiger partial charge in [-0.1, -0.05) is 18.2 Å². The fraction of sp³-hybridized carbons (Fsp3) is 0.182. The smallest absolute Gasteiger partial charge is 0.349 e. The van der Waals surface area contributed by atoms with Crippen LogP contribution in [0.5, 0.6) is 0 Å². The molecule has 5 rings (SSSR count). The zero-order valence-electron chi connectivity index (χ0n) is 16.8. The second-order valence-corrected chi connectivity index (χ2v) is 8.21. The highest BCUT2D eigenvalue weighted by Crippen LogP contribution is 2.34. The summed E-state index contributed by atoms with van der Waals surface area (Å²) in [6, 6.07) is 12.0. The number of nitrogens with one attached hydrogen (secondary N) is 2. The Bertz CT molecular complexity index is 1370. The van der Waals surface area contributed by atoms with Crippen LogP contribution < -0.4 is 16.3 Å². The van der Waals surface area contributed by atoms with Crippen molar-refractivity contribution in [3.8, 4) is 0 Å². The van der Waals surface area contributed by atoms with Gasteiger partial charge in [0.1, 0.15) is 29.3 Å². The monoisotopic (exact) mass is 450 g/mol. The molecule has 0 radical (unpaired) electrons. The van der Waals surface area contributed by atoms with Crippen molar-refractivity contribution in [3.63, 3.8) is 0 Å². The molecule has 1 aliphatic heterocycles. The standard InChI is InChI=1S/C22H18N4O5S/c27-19(23-9-14-5-3-7-30-14)10-26-20(16-11-32-12-17(16)25-26)24-21(28)15-8-13-4-1-2-6-18(13)31-22(15)29/h1-8H,9-12H2,(H,23,27)(H,24,28). The predicted molar refractivity (Wildman–Crippen MR) is 118 cm³/mol. The summed E-state index contributed by atoms with van der Waals surface area (Å²) in [6.07, 6.45) is 1.54. The van der Waals surface area contributed by atoms with Crippen molar-refractivity contribution in [1.29, 1.82) is 0 Å². The molecule has 162 valence electrons. The third kappa shape index (κ3) is 3.92. The Morgan fingerprint density at radius 3 is 2.88 bits per heavy atom. The van der Waals surface area contributed by atoms with Gasteiger partial charge in [-0.15, -0.1) is 0 Å². The molecule has 0 saturated carbocycles. The van der Waals surface area contributed by atoms with Crippen LogP contribution in [-0.2, 0) is 29.4 Å². The number of fused-ring (bicyclic) bond motifs is 2. The number of benzene rings is 1. The van der Waals surface area contributed by atoms with Gasteiger partial charge in [0, 0.05) is 22.5 Å². The van der Waals surface area contributed by atoms with Crippen molar-refractivity contribution in [1.82, 2.24) is 15.1 Å². The first-order valence-electron chi connectivity index (χ1n) is 9.88. The summed E-state index contributed by atoms with van der Waals surface area (Å²) in [6.45, 7) is 0.169. The molecule has 32 heavy (non-hydrogen) atoms. The van der Waals surface area contributed by atoms with Crippen molar-refractivity contribution in [2.24, 2.45) is 0 Å². The van der Waals surface area contributed by atoms with Gasteiger partial charge >= 0.3 is 5.63 Å². The topological polar surface area (TPSA) is 119 Å². The SMILES string of the molecule is O=C(Cn1nc2c(c1NC(=O)c1cc3ccccc3oc1=O)CSC2)NCc1ccco1. The average molecular weight is 450 g/mol. The van der Waals surface area contributed by atoms with Crippen LogP contribution in [0.4, 0.5) is 5.82 Å². The van der Waals surface area contributed by atoms with Crippen LogP contribution in [0, 0.1) is 0 Å². The van der Waals surface area contributed by atoms with Gasteiger partial charge in [0.2, 0.25) is 5.91 Å². The molecule has 0 atom stereocenters. The van der Waals surface area contributed by atoms with E-state index in [-0.39, 0.29) is 24.6 Å². The highest BCUT2D eigenvalue weighted by molar-refractivity contribution is 7.98. The number of furan rings is 1. The molecule has 2 N–H and O–H groups in total. The van der Waals surface area contributed by atoms with Crippen LogP contribution in [0.3, 0.4) is 0 Å². The van der Waals surface area contributed by atoms with Gasteiger partial charge < -0.3 is 19.5 Å². The minimum atomic E-state index is -0.727. The number of anilines is 1. The second-order valence-electron chi connectivity index (χ2n) is 7.22. The summed E-state index contributed by atoms with van der Waals surface area (Å²) >= 11 is 1.67. The lowest BCUT2D eigenvalue weighted by atomic mass is 10.1. The van der Waals surface area contributed by atoms with E-state index in [0.717, 1.165) is 11.3 Å². The van der Waals surface area contributed by atoms with E-state index in [1.54, 1.807) is 48.2 Å². The zero-order valence-corrected chi connectivity index (χ0v) is 17.6. The number of amides is 2. The normalized spacial score (nSPS) is 12.6. The fourth-order valence-electron chi connectivity index (χ4n) is 3.51. The molecule has 0 saturated heterocycles. The predicted octanol–water partition coefficient (Wildman–Crippen LogP) is 2.90. The molecular weight excluding hydrogens is 432 g/mol. The number of rotatable bonds is 6. The molecule has 10 heteroatoms. The van der Waals surface area contributed by atoms with Crippen molar-refractivity contribution < 1.29 is 18.4 Å². The minimum Gasteiger partial charge on any atom is -0.467 e. The maximum Gasteiger partial charge on any atom is 0.349 e. The number of carbonyl (C=O) groups excluding carboxylic acids is 2. The Hall–Kier alpha value is -3.79. The molecule has 0 bridgehead atoms. The van der Waals surface area contributed by atoms with Crippen molar-refractivity contribution in [2.75, 3.05) is 5.32 Å². The maximum atomic E-state index is 13.0. The molecule has 9 nitrogen and oxygen atoms in total. The van der Waals surface area contributed by atoms with Crippen LogP contribution in [0.1, 0.15) is 27.4 Å². The quantitative estimate of drug-likeness (QED) is 0.434. The highest BCUT2D eigenvalue weighted by Gasteiger charge is 2.26. The van der Waals surface area contributed by atoms with E-state index in [9.17, 15) is 14.4 Å². The Labute approximate surface area is 185 Å². The highest BCUT2D eigenvalue weighted by atomic mass is 32.2. The first-order chi connectivity index (χ1) is 15.6. The number of aromatic nitrogens is 2. The Morgan fingerprint density at radius 1 is 1.16 bits per heavy atom. The number of hydrogen-bond acceptors (Lipinski definition) is 7. The summed E-state index contributed by atoms with van der Waals surface area (Å²) in [4.78, 5) is 37.8. The lowest BCUT2D eigenvalue weighted by Crippen LogP contribution is -2.29. The van der Waals surface area contributed by atoms with E-state index in [0.29, 0.717) is 34.1 Å². The molecule has 0 aliphatic carbocycles. The molecule has 2 amide bonds. The summed E-state index contributed by atoms with van der Waals surface area (Å²) in [5.74, 6) is 1.50. The molecule has 0 spiro atoms. The van der Waals surface area contributed by atoms with Crippen LogP contribution in [0.2, 0.25) is 0 Å². The molecule has 3 aromatic heterocycles. The van der Waals surface area contributed by atoms with Crippen molar-refractivity contribution in [2.45, 2.75) is 24.6 Å². The summed E-state index contributed by atoms with van der Waals surface area (Å²) in [5, 5.41) is 10.7. The zero-order chi connectivity index (χ0) is 22.1. The first-order valence-corrected chi connectivity index (χ1v) is 11.0. The summed E-state index contributed by atoms with van der Waals surface area (Å²) in [7, 11) is 0. The lowest BCUT2D eigenvalue weighted by Gasteiger charge is -2.11. The van der Waals surface area contributed by atoms with Gasteiger partial charge in [-0.05, 0) is 24.3 Å². The van der Waals surface area contributed by atoms with E-state index in [4.69, 9.17) is 8.83 Å². The van der Waals surface area contributed by atoms with E-state index < -0.39 is 11.5 Å². The molecule has 0 unspecified atom stereocenters. The number of thioether (sulfide) groups is 1. The Morgan fingerprint density at radius 2 is 2.03 bits per heavy atom. The molecular formula is C22H18N4O5S. The molecule has 1 aromatic carbocycles. The second kappa shape index (κ2) is 8.39. The van der Waals surface area contributed by atoms with Gasteiger partial charge in [0.05, 0.1) is 18.5 Å². The van der Waals surface area contributed by atoms with Gasteiger partial charge in [-0.3, -0.25) is 9.59 Å². The van der Waals surface area contributed by atoms with E-state index in [1.807, 2.05) is 0 Å². The number of para-hydroxylation sites is 1. The van der Waals surface area contributed by atoms with Crippen LogP contribution in [0.15, 0.2) is 62.4 Å². The Kier molecular flexibility index (Phi) is 5.28. The van der Waals surface area contributed by atoms with Crippen molar-refractivity contribution >= 4 is 40.4 Å². The molecule has 0 fully saturated rings. The van der Waals surface area contributed by atoms with Crippen molar-refractivity contribution in [3.05, 3.63) is 81.7 Å². The number of hydrogen-bond donors (Lipinski definition) is 2. The van der Waals surface area contributed by atoms with Crippen LogP contribution >= 0.6 is 11.8 Å². The van der Waals surface area contributed by atoms with E-state index in [2.05, 4.69) is 15.7 Å². The van der Waals surface area contributed by atoms with E-state index in [1.165, 1.54) is 17.0 Å². The van der Waals surface area contributed by atoms with Gasteiger partial charge in [-0.2, -0.15) is 16.9 Å². The van der Waals surface area contributed by atoms with Crippen LogP contribution in [-0.4, -0.2) is 21.6 Å². The molecule has 4 heterocycles. The van der Waals surface area contributed by atoms with Crippen LogP contribution in [0.25, 0.3) is 11.0 Å². The number of nitrogens with zero attached hydrogens (tertiary/aromatic N) is 2.